The molecule has 17 heavy (non-hydrogen) atoms. The summed E-state index contributed by atoms with van der Waals surface area (Å²) in [6, 6.07) is 6.13. The first-order valence-electron chi connectivity index (χ1n) is 6.24. The van der Waals surface area contributed by atoms with Crippen LogP contribution in [0.15, 0.2) is 24.3 Å². The Morgan fingerprint density at radius 3 is 2.82 bits per heavy atom. The first kappa shape index (κ1) is 12.2. The molecule has 0 amide bonds. The quantitative estimate of drug-likeness (QED) is 0.847. The van der Waals surface area contributed by atoms with Gasteiger partial charge in [0.05, 0.1) is 13.2 Å². The van der Waals surface area contributed by atoms with Crippen LogP contribution in [-0.2, 0) is 0 Å². The van der Waals surface area contributed by atoms with E-state index < -0.39 is 0 Å². The maximum absolute atomic E-state index is 9.81. The maximum atomic E-state index is 9.81. The number of aliphatic hydroxyl groups is 1. The summed E-state index contributed by atoms with van der Waals surface area (Å²) < 4.78 is 5.21. The van der Waals surface area contributed by atoms with E-state index in [1.54, 1.807) is 7.11 Å². The lowest BCUT2D eigenvalue weighted by Crippen LogP contribution is -2.00. The van der Waals surface area contributed by atoms with Gasteiger partial charge in [-0.1, -0.05) is 18.6 Å². The standard InChI is InChI=1S/C15H20O2/c1-11-9-14(17-2)7-8-15(11)12-5-3-4-6-13(16)10-12/h7-10,13,16H,3-6H2,1-2H3. The molecule has 2 nitrogen and oxygen atoms in total. The fourth-order valence-electron chi connectivity index (χ4n) is 2.42. The van der Waals surface area contributed by atoms with Crippen LogP contribution in [0.25, 0.3) is 5.57 Å². The molecule has 92 valence electrons. The van der Waals surface area contributed by atoms with Gasteiger partial charge in [-0.2, -0.15) is 0 Å². The molecule has 2 rings (SSSR count). The van der Waals surface area contributed by atoms with Crippen molar-refractivity contribution in [3.05, 3.63) is 35.4 Å². The van der Waals surface area contributed by atoms with Crippen LogP contribution in [0, 0.1) is 6.92 Å². The van der Waals surface area contributed by atoms with E-state index in [1.807, 2.05) is 18.2 Å². The molecule has 0 saturated carbocycles. The summed E-state index contributed by atoms with van der Waals surface area (Å²) in [6.45, 7) is 2.09. The third-order valence-corrected chi connectivity index (χ3v) is 3.37. The fraction of sp³-hybridized carbons (Fsp3) is 0.467. The Hall–Kier alpha value is -1.28. The van der Waals surface area contributed by atoms with E-state index in [0.29, 0.717) is 0 Å². The number of allylic oxidation sites excluding steroid dienone is 1. The molecule has 2 heteroatoms. The summed E-state index contributed by atoms with van der Waals surface area (Å²) in [5.41, 5.74) is 3.73. The van der Waals surface area contributed by atoms with E-state index in [-0.39, 0.29) is 6.10 Å². The zero-order valence-electron chi connectivity index (χ0n) is 10.6. The molecule has 1 aromatic carbocycles. The molecule has 0 heterocycles. The molecule has 1 unspecified atom stereocenters. The van der Waals surface area contributed by atoms with E-state index in [4.69, 9.17) is 4.74 Å². The van der Waals surface area contributed by atoms with E-state index in [2.05, 4.69) is 13.0 Å². The number of rotatable bonds is 2. The van der Waals surface area contributed by atoms with Gasteiger partial charge in [-0.25, -0.2) is 0 Å². The van der Waals surface area contributed by atoms with Gasteiger partial charge in [0.15, 0.2) is 0 Å². The molecule has 0 radical (unpaired) electrons. The minimum Gasteiger partial charge on any atom is -0.497 e. The van der Waals surface area contributed by atoms with Crippen molar-refractivity contribution in [2.24, 2.45) is 0 Å². The molecule has 1 aromatic rings. The van der Waals surface area contributed by atoms with Gasteiger partial charge >= 0.3 is 0 Å². The van der Waals surface area contributed by atoms with Crippen LogP contribution < -0.4 is 4.74 Å². The third-order valence-electron chi connectivity index (χ3n) is 3.37. The van der Waals surface area contributed by atoms with Crippen molar-refractivity contribution in [2.45, 2.75) is 38.7 Å². The highest BCUT2D eigenvalue weighted by Gasteiger charge is 2.12. The van der Waals surface area contributed by atoms with E-state index in [1.165, 1.54) is 16.7 Å². The minimum absolute atomic E-state index is 0.283. The summed E-state index contributed by atoms with van der Waals surface area (Å²) in [5.74, 6) is 0.890. The van der Waals surface area contributed by atoms with Gasteiger partial charge in [0.1, 0.15) is 5.75 Å². The van der Waals surface area contributed by atoms with Gasteiger partial charge in [-0.15, -0.1) is 0 Å². The molecule has 1 aliphatic carbocycles. The molecular formula is C15H20O2. The highest BCUT2D eigenvalue weighted by Crippen LogP contribution is 2.30. The molecule has 1 atom stereocenters. The Bertz CT molecular complexity index is 421. The average Bonchev–Trinajstić information content (AvgIpc) is 2.53. The molecular weight excluding hydrogens is 212 g/mol. The van der Waals surface area contributed by atoms with Gasteiger partial charge in [0, 0.05) is 0 Å². The van der Waals surface area contributed by atoms with Crippen LogP contribution in [0.1, 0.15) is 36.8 Å². The SMILES string of the molecule is COc1ccc(C2=CC(O)CCCC2)c(C)c1. The van der Waals surface area contributed by atoms with Gasteiger partial charge in [0.2, 0.25) is 0 Å². The number of hydrogen-bond donors (Lipinski definition) is 1. The second-order valence-corrected chi connectivity index (χ2v) is 4.69. The normalized spacial score (nSPS) is 20.6. The van der Waals surface area contributed by atoms with Crippen LogP contribution in [0.2, 0.25) is 0 Å². The highest BCUT2D eigenvalue weighted by molar-refractivity contribution is 5.69. The molecule has 1 N–H and O–H groups in total. The Morgan fingerprint density at radius 2 is 2.12 bits per heavy atom. The summed E-state index contributed by atoms with van der Waals surface area (Å²) >= 11 is 0. The lowest BCUT2D eigenvalue weighted by Gasteiger charge is -2.11. The Morgan fingerprint density at radius 1 is 1.29 bits per heavy atom. The predicted molar refractivity (Wildman–Crippen MR) is 70.2 cm³/mol. The van der Waals surface area contributed by atoms with Crippen molar-refractivity contribution in [3.8, 4) is 5.75 Å². The Kier molecular flexibility index (Phi) is 3.85. The summed E-state index contributed by atoms with van der Waals surface area (Å²) in [7, 11) is 1.68. The summed E-state index contributed by atoms with van der Waals surface area (Å²) in [5, 5.41) is 9.81. The monoisotopic (exact) mass is 232 g/mol. The van der Waals surface area contributed by atoms with Gasteiger partial charge in [0.25, 0.3) is 0 Å². The molecule has 0 spiro atoms. The van der Waals surface area contributed by atoms with Crippen LogP contribution in [0.3, 0.4) is 0 Å². The molecule has 0 aromatic heterocycles. The molecule has 0 bridgehead atoms. The van der Waals surface area contributed by atoms with Gasteiger partial charge in [-0.3, -0.25) is 0 Å². The van der Waals surface area contributed by atoms with Crippen molar-refractivity contribution in [3.63, 3.8) is 0 Å². The number of methoxy groups -OCH3 is 1. The minimum atomic E-state index is -0.283. The van der Waals surface area contributed by atoms with Crippen molar-refractivity contribution >= 4 is 5.57 Å². The first-order valence-corrected chi connectivity index (χ1v) is 6.24. The van der Waals surface area contributed by atoms with Crippen LogP contribution >= 0.6 is 0 Å². The van der Waals surface area contributed by atoms with Crippen molar-refractivity contribution in [1.82, 2.24) is 0 Å². The number of aryl methyl sites for hydroxylation is 1. The molecule has 0 saturated heterocycles. The van der Waals surface area contributed by atoms with Crippen LogP contribution in [-0.4, -0.2) is 18.3 Å². The average molecular weight is 232 g/mol. The van der Waals surface area contributed by atoms with E-state index in [9.17, 15) is 5.11 Å². The van der Waals surface area contributed by atoms with E-state index >= 15 is 0 Å². The Labute approximate surface area is 103 Å². The highest BCUT2D eigenvalue weighted by atomic mass is 16.5. The first-order chi connectivity index (χ1) is 8.20. The lowest BCUT2D eigenvalue weighted by molar-refractivity contribution is 0.211. The fourth-order valence-corrected chi connectivity index (χ4v) is 2.42. The summed E-state index contributed by atoms with van der Waals surface area (Å²) in [4.78, 5) is 0. The third kappa shape index (κ3) is 2.89. The number of aliphatic hydroxyl groups excluding tert-OH is 1. The zero-order valence-corrected chi connectivity index (χ0v) is 10.6. The van der Waals surface area contributed by atoms with E-state index in [0.717, 1.165) is 31.4 Å². The molecule has 0 fully saturated rings. The van der Waals surface area contributed by atoms with Crippen molar-refractivity contribution < 1.29 is 9.84 Å². The van der Waals surface area contributed by atoms with Crippen molar-refractivity contribution in [1.29, 1.82) is 0 Å². The van der Waals surface area contributed by atoms with Crippen LogP contribution in [0.5, 0.6) is 5.75 Å². The Balaban J connectivity index is 2.32. The second-order valence-electron chi connectivity index (χ2n) is 4.69. The smallest absolute Gasteiger partial charge is 0.119 e. The second kappa shape index (κ2) is 5.37. The number of benzene rings is 1. The number of hydrogen-bond acceptors (Lipinski definition) is 2. The summed E-state index contributed by atoms with van der Waals surface area (Å²) in [6.07, 6.45) is 5.95. The van der Waals surface area contributed by atoms with Gasteiger partial charge in [-0.05, 0) is 55.0 Å². The van der Waals surface area contributed by atoms with Gasteiger partial charge < -0.3 is 9.84 Å². The maximum Gasteiger partial charge on any atom is 0.119 e. The molecule has 0 aliphatic heterocycles. The zero-order chi connectivity index (χ0) is 12.3. The topological polar surface area (TPSA) is 29.5 Å². The van der Waals surface area contributed by atoms with Crippen molar-refractivity contribution in [2.75, 3.05) is 7.11 Å². The number of ether oxygens (including phenoxy) is 1. The molecule has 1 aliphatic rings. The van der Waals surface area contributed by atoms with Crippen LogP contribution in [0.4, 0.5) is 0 Å². The largest absolute Gasteiger partial charge is 0.497 e. The lowest BCUT2D eigenvalue weighted by atomic mass is 9.96. The predicted octanol–water partition coefficient (Wildman–Crippen LogP) is 3.32.